The van der Waals surface area contributed by atoms with E-state index in [0.29, 0.717) is 35.8 Å². The predicted molar refractivity (Wildman–Crippen MR) is 105 cm³/mol. The predicted octanol–water partition coefficient (Wildman–Crippen LogP) is 3.70. The molecule has 1 unspecified atom stereocenters. The number of hydrogen-bond acceptors (Lipinski definition) is 3. The van der Waals surface area contributed by atoms with Crippen molar-refractivity contribution in [2.45, 2.75) is 19.8 Å². The molecule has 0 radical (unpaired) electrons. The molecule has 2 aromatic carbocycles. The zero-order valence-electron chi connectivity index (χ0n) is 14.5. The molecule has 3 rings (SSSR count). The van der Waals surface area contributed by atoms with Crippen molar-refractivity contribution in [1.82, 2.24) is 0 Å². The van der Waals surface area contributed by atoms with Gasteiger partial charge in [-0.15, -0.1) is 0 Å². The van der Waals surface area contributed by atoms with Crippen LogP contribution >= 0.6 is 11.6 Å². The summed E-state index contributed by atoms with van der Waals surface area (Å²) in [5, 5.41) is 3.16. The number of carbonyl (C=O) groups excluding carboxylic acids is 1. The van der Waals surface area contributed by atoms with Gasteiger partial charge in [-0.05, 0) is 36.6 Å². The molecule has 1 atom stereocenters. The standard InChI is InChI=1S/C19H21ClN2O3S/c1-14(12-15-6-3-2-4-7-15)19(23)21-16-8-9-18(17(20)13-16)22-10-5-11-26(22,24)25/h2-4,6-9,13-14H,5,10-12H2,1H3,(H,21,23). The van der Waals surface area contributed by atoms with Gasteiger partial charge in [-0.1, -0.05) is 48.9 Å². The summed E-state index contributed by atoms with van der Waals surface area (Å²) in [6, 6.07) is 14.7. The molecule has 2 aromatic rings. The number of benzene rings is 2. The number of nitrogens with zero attached hydrogens (tertiary/aromatic N) is 1. The Balaban J connectivity index is 1.68. The van der Waals surface area contributed by atoms with Crippen molar-refractivity contribution in [1.29, 1.82) is 0 Å². The third kappa shape index (κ3) is 4.19. The van der Waals surface area contributed by atoms with Gasteiger partial charge in [0.25, 0.3) is 0 Å². The molecule has 0 spiro atoms. The topological polar surface area (TPSA) is 66.5 Å². The van der Waals surface area contributed by atoms with Crippen LogP contribution in [0.25, 0.3) is 0 Å². The molecule has 1 fully saturated rings. The molecule has 1 N–H and O–H groups in total. The molecule has 0 saturated carbocycles. The van der Waals surface area contributed by atoms with Crippen LogP contribution in [0.15, 0.2) is 48.5 Å². The van der Waals surface area contributed by atoms with Crippen LogP contribution in [-0.2, 0) is 21.2 Å². The van der Waals surface area contributed by atoms with E-state index in [0.717, 1.165) is 5.56 Å². The molecule has 1 saturated heterocycles. The maximum atomic E-state index is 12.4. The molecular formula is C19H21ClN2O3S. The molecule has 1 heterocycles. The molecule has 26 heavy (non-hydrogen) atoms. The van der Waals surface area contributed by atoms with Crippen LogP contribution in [0, 0.1) is 5.92 Å². The monoisotopic (exact) mass is 392 g/mol. The molecule has 0 aromatic heterocycles. The van der Waals surface area contributed by atoms with Crippen molar-refractivity contribution in [3.05, 3.63) is 59.1 Å². The van der Waals surface area contributed by atoms with Crippen LogP contribution < -0.4 is 9.62 Å². The first kappa shape index (κ1) is 18.7. The molecule has 1 aliphatic heterocycles. The summed E-state index contributed by atoms with van der Waals surface area (Å²) < 4.78 is 25.4. The quantitative estimate of drug-likeness (QED) is 0.843. The van der Waals surface area contributed by atoms with Gasteiger partial charge in [0.2, 0.25) is 15.9 Å². The van der Waals surface area contributed by atoms with E-state index in [1.807, 2.05) is 37.3 Å². The highest BCUT2D eigenvalue weighted by atomic mass is 35.5. The van der Waals surface area contributed by atoms with Crippen molar-refractivity contribution in [3.8, 4) is 0 Å². The molecule has 0 bridgehead atoms. The van der Waals surface area contributed by atoms with Gasteiger partial charge in [0.15, 0.2) is 0 Å². The van der Waals surface area contributed by atoms with Crippen molar-refractivity contribution < 1.29 is 13.2 Å². The summed E-state index contributed by atoms with van der Waals surface area (Å²) in [5.41, 5.74) is 2.11. The van der Waals surface area contributed by atoms with Gasteiger partial charge in [0, 0.05) is 18.2 Å². The van der Waals surface area contributed by atoms with E-state index in [1.54, 1.807) is 18.2 Å². The van der Waals surface area contributed by atoms with Crippen LogP contribution in [0.3, 0.4) is 0 Å². The fourth-order valence-corrected chi connectivity index (χ4v) is 4.94. The Labute approximate surface area is 159 Å². The zero-order valence-corrected chi connectivity index (χ0v) is 16.1. The minimum absolute atomic E-state index is 0.105. The molecule has 5 nitrogen and oxygen atoms in total. The summed E-state index contributed by atoms with van der Waals surface area (Å²) in [6.07, 6.45) is 1.23. The normalized spacial score (nSPS) is 17.1. The maximum absolute atomic E-state index is 12.4. The van der Waals surface area contributed by atoms with E-state index in [1.165, 1.54) is 4.31 Å². The lowest BCUT2D eigenvalue weighted by Gasteiger charge is -2.19. The lowest BCUT2D eigenvalue weighted by Crippen LogP contribution is -2.25. The maximum Gasteiger partial charge on any atom is 0.235 e. The van der Waals surface area contributed by atoms with Gasteiger partial charge in [0.05, 0.1) is 16.5 Å². The largest absolute Gasteiger partial charge is 0.326 e. The van der Waals surface area contributed by atoms with Crippen molar-refractivity contribution >= 4 is 38.9 Å². The first-order chi connectivity index (χ1) is 12.4. The Morgan fingerprint density at radius 2 is 1.96 bits per heavy atom. The van der Waals surface area contributed by atoms with Crippen LogP contribution in [0.5, 0.6) is 0 Å². The Bertz CT molecular complexity index is 900. The fraction of sp³-hybridized carbons (Fsp3) is 0.316. The third-order valence-corrected chi connectivity index (χ3v) is 6.57. The minimum atomic E-state index is -3.29. The SMILES string of the molecule is CC(Cc1ccccc1)C(=O)Nc1ccc(N2CCCS2(=O)=O)c(Cl)c1. The number of halogens is 1. The number of hydrogen-bond donors (Lipinski definition) is 1. The van der Waals surface area contributed by atoms with Crippen LogP contribution in [0.1, 0.15) is 18.9 Å². The Morgan fingerprint density at radius 3 is 2.58 bits per heavy atom. The zero-order chi connectivity index (χ0) is 18.7. The van der Waals surface area contributed by atoms with Gasteiger partial charge in [0.1, 0.15) is 0 Å². The number of nitrogens with one attached hydrogen (secondary N) is 1. The molecule has 1 aliphatic rings. The van der Waals surface area contributed by atoms with Crippen LogP contribution in [-0.4, -0.2) is 26.6 Å². The van der Waals surface area contributed by atoms with Crippen LogP contribution in [0.2, 0.25) is 5.02 Å². The van der Waals surface area contributed by atoms with Gasteiger partial charge in [-0.2, -0.15) is 0 Å². The first-order valence-electron chi connectivity index (χ1n) is 8.51. The van der Waals surface area contributed by atoms with Gasteiger partial charge >= 0.3 is 0 Å². The first-order valence-corrected chi connectivity index (χ1v) is 10.5. The highest BCUT2D eigenvalue weighted by Gasteiger charge is 2.29. The van der Waals surface area contributed by atoms with E-state index in [2.05, 4.69) is 5.32 Å². The third-order valence-electron chi connectivity index (χ3n) is 4.42. The summed E-state index contributed by atoms with van der Waals surface area (Å²) in [6.45, 7) is 2.30. The van der Waals surface area contributed by atoms with Crippen molar-refractivity contribution in [3.63, 3.8) is 0 Å². The van der Waals surface area contributed by atoms with Gasteiger partial charge < -0.3 is 5.32 Å². The molecule has 138 valence electrons. The smallest absolute Gasteiger partial charge is 0.235 e. The molecule has 0 aliphatic carbocycles. The number of rotatable bonds is 5. The number of carbonyl (C=O) groups is 1. The van der Waals surface area contributed by atoms with Crippen molar-refractivity contribution in [2.75, 3.05) is 21.9 Å². The fourth-order valence-electron chi connectivity index (χ4n) is 3.02. The van der Waals surface area contributed by atoms with Gasteiger partial charge in [-0.25, -0.2) is 8.42 Å². The van der Waals surface area contributed by atoms with E-state index >= 15 is 0 Å². The average molecular weight is 393 g/mol. The Kier molecular flexibility index (Phi) is 5.53. The van der Waals surface area contributed by atoms with Crippen molar-refractivity contribution in [2.24, 2.45) is 5.92 Å². The highest BCUT2D eigenvalue weighted by molar-refractivity contribution is 7.93. The highest BCUT2D eigenvalue weighted by Crippen LogP contribution is 2.33. The van der Waals surface area contributed by atoms with Gasteiger partial charge in [-0.3, -0.25) is 9.10 Å². The molecular weight excluding hydrogens is 372 g/mol. The summed E-state index contributed by atoms with van der Waals surface area (Å²) >= 11 is 6.27. The summed E-state index contributed by atoms with van der Waals surface area (Å²) in [5.74, 6) is -0.167. The second-order valence-corrected chi connectivity index (χ2v) is 8.91. The lowest BCUT2D eigenvalue weighted by molar-refractivity contribution is -0.119. The summed E-state index contributed by atoms with van der Waals surface area (Å²) in [4.78, 5) is 12.4. The molecule has 1 amide bonds. The van der Waals surface area contributed by atoms with E-state index in [-0.39, 0.29) is 17.6 Å². The second-order valence-electron chi connectivity index (χ2n) is 6.49. The molecule has 7 heteroatoms. The summed E-state index contributed by atoms with van der Waals surface area (Å²) in [7, 11) is -3.29. The number of sulfonamides is 1. The number of amides is 1. The lowest BCUT2D eigenvalue weighted by atomic mass is 10.0. The van der Waals surface area contributed by atoms with Crippen LogP contribution in [0.4, 0.5) is 11.4 Å². The minimum Gasteiger partial charge on any atom is -0.326 e. The van der Waals surface area contributed by atoms with E-state index in [9.17, 15) is 13.2 Å². The number of anilines is 2. The Hall–Kier alpha value is -2.05. The van der Waals surface area contributed by atoms with E-state index in [4.69, 9.17) is 11.6 Å². The Morgan fingerprint density at radius 1 is 1.23 bits per heavy atom. The second kappa shape index (κ2) is 7.68. The van der Waals surface area contributed by atoms with E-state index < -0.39 is 10.0 Å². The average Bonchev–Trinajstić information content (AvgIpc) is 2.95.